The van der Waals surface area contributed by atoms with Crippen LogP contribution in [0.15, 0.2) is 18.2 Å². The van der Waals surface area contributed by atoms with Crippen molar-refractivity contribution in [1.29, 1.82) is 0 Å². The van der Waals surface area contributed by atoms with Crippen molar-refractivity contribution in [3.05, 3.63) is 29.3 Å². The number of likely N-dealkylation sites (tertiary alicyclic amines) is 2. The molecule has 0 aromatic heterocycles. The van der Waals surface area contributed by atoms with E-state index in [1.54, 1.807) is 0 Å². The van der Waals surface area contributed by atoms with Crippen LogP contribution in [0.4, 0.5) is 10.5 Å². The smallest absolute Gasteiger partial charge is 0.319 e. The van der Waals surface area contributed by atoms with Gasteiger partial charge in [-0.3, -0.25) is 4.79 Å². The first-order valence-corrected chi connectivity index (χ1v) is 9.52. The van der Waals surface area contributed by atoms with Crippen LogP contribution in [0.25, 0.3) is 0 Å². The molecule has 3 amide bonds. The Kier molecular flexibility index (Phi) is 5.61. The highest BCUT2D eigenvalue weighted by atomic mass is 16.2. The number of nitrogens with one attached hydrogen (secondary N) is 1. The number of benzene rings is 1. The predicted octanol–water partition coefficient (Wildman–Crippen LogP) is 3.42. The summed E-state index contributed by atoms with van der Waals surface area (Å²) in [5, 5.41) is 3.06. The second-order valence-corrected chi connectivity index (χ2v) is 7.22. The Bertz CT molecular complexity index is 630. The van der Waals surface area contributed by atoms with Gasteiger partial charge >= 0.3 is 6.03 Å². The van der Waals surface area contributed by atoms with Gasteiger partial charge in [-0.1, -0.05) is 13.0 Å². The lowest BCUT2D eigenvalue weighted by atomic mass is 9.95. The molecule has 5 nitrogen and oxygen atoms in total. The number of nitrogens with zero attached hydrogens (tertiary/aromatic N) is 2. The minimum Gasteiger partial charge on any atom is -0.326 e. The predicted molar refractivity (Wildman–Crippen MR) is 99.7 cm³/mol. The Labute approximate surface area is 150 Å². The van der Waals surface area contributed by atoms with Gasteiger partial charge in [0.2, 0.25) is 5.91 Å². The number of carbonyl (C=O) groups excluding carboxylic acids is 2. The maximum absolute atomic E-state index is 12.6. The van der Waals surface area contributed by atoms with E-state index in [4.69, 9.17) is 0 Å². The van der Waals surface area contributed by atoms with Gasteiger partial charge in [0, 0.05) is 37.8 Å². The van der Waals surface area contributed by atoms with Gasteiger partial charge in [-0.25, -0.2) is 4.79 Å². The summed E-state index contributed by atoms with van der Waals surface area (Å²) in [5.41, 5.74) is 3.40. The molecule has 2 aliphatic rings. The summed E-state index contributed by atoms with van der Waals surface area (Å²) < 4.78 is 0. The van der Waals surface area contributed by atoms with Gasteiger partial charge in [0.05, 0.1) is 0 Å². The molecule has 2 aliphatic heterocycles. The van der Waals surface area contributed by atoms with E-state index >= 15 is 0 Å². The zero-order valence-corrected chi connectivity index (χ0v) is 15.4. The minimum absolute atomic E-state index is 0.00555. The SMILES string of the molecule is CCc1cc(NC(=O)C2CCN(C(=O)N3CCCC3)CC2)ccc1C. The second kappa shape index (κ2) is 7.89. The monoisotopic (exact) mass is 343 g/mol. The molecule has 0 saturated carbocycles. The Hall–Kier alpha value is -2.04. The summed E-state index contributed by atoms with van der Waals surface area (Å²) in [6.45, 7) is 7.35. The average molecular weight is 343 g/mol. The van der Waals surface area contributed by atoms with Crippen molar-refractivity contribution in [2.24, 2.45) is 5.92 Å². The van der Waals surface area contributed by atoms with Crippen LogP contribution in [-0.4, -0.2) is 47.9 Å². The van der Waals surface area contributed by atoms with Gasteiger partial charge in [-0.05, 0) is 62.3 Å². The van der Waals surface area contributed by atoms with Crippen molar-refractivity contribution in [3.63, 3.8) is 0 Å². The number of carbonyl (C=O) groups is 2. The van der Waals surface area contributed by atoms with Crippen LogP contribution in [0, 0.1) is 12.8 Å². The fourth-order valence-corrected chi connectivity index (χ4v) is 3.82. The van der Waals surface area contributed by atoms with Crippen LogP contribution in [0.1, 0.15) is 43.7 Å². The topological polar surface area (TPSA) is 52.7 Å². The first kappa shape index (κ1) is 17.8. The van der Waals surface area contributed by atoms with E-state index in [0.717, 1.165) is 50.9 Å². The highest BCUT2D eigenvalue weighted by Crippen LogP contribution is 2.22. The zero-order chi connectivity index (χ0) is 17.8. The van der Waals surface area contributed by atoms with Gasteiger partial charge in [-0.2, -0.15) is 0 Å². The first-order valence-electron chi connectivity index (χ1n) is 9.52. The average Bonchev–Trinajstić information content (AvgIpc) is 3.17. The second-order valence-electron chi connectivity index (χ2n) is 7.22. The lowest BCUT2D eigenvalue weighted by Gasteiger charge is -2.34. The molecule has 2 fully saturated rings. The minimum atomic E-state index is -0.00555. The van der Waals surface area contributed by atoms with Crippen molar-refractivity contribution in [1.82, 2.24) is 9.80 Å². The molecule has 0 unspecified atom stereocenters. The lowest BCUT2D eigenvalue weighted by Crippen LogP contribution is -2.47. The van der Waals surface area contributed by atoms with E-state index in [-0.39, 0.29) is 17.9 Å². The highest BCUT2D eigenvalue weighted by Gasteiger charge is 2.30. The maximum Gasteiger partial charge on any atom is 0.319 e. The first-order chi connectivity index (χ1) is 12.1. The van der Waals surface area contributed by atoms with Crippen LogP contribution >= 0.6 is 0 Å². The number of amides is 3. The van der Waals surface area contributed by atoms with Gasteiger partial charge < -0.3 is 15.1 Å². The van der Waals surface area contributed by atoms with E-state index in [9.17, 15) is 9.59 Å². The van der Waals surface area contributed by atoms with E-state index < -0.39 is 0 Å². The molecule has 0 spiro atoms. The molecule has 1 aromatic rings. The van der Waals surface area contributed by atoms with Gasteiger partial charge in [-0.15, -0.1) is 0 Å². The standard InChI is InChI=1S/C20H29N3O2/c1-3-16-14-18(7-6-15(16)2)21-19(24)17-8-12-23(13-9-17)20(25)22-10-4-5-11-22/h6-7,14,17H,3-5,8-13H2,1-2H3,(H,21,24). The molecule has 136 valence electrons. The van der Waals surface area contributed by atoms with Crippen molar-refractivity contribution in [3.8, 4) is 0 Å². The molecule has 0 bridgehead atoms. The number of urea groups is 1. The summed E-state index contributed by atoms with van der Waals surface area (Å²) >= 11 is 0. The molecule has 5 heteroatoms. The van der Waals surface area contributed by atoms with Crippen LogP contribution in [0.2, 0.25) is 0 Å². The summed E-state index contributed by atoms with van der Waals surface area (Å²) in [4.78, 5) is 28.8. The Morgan fingerprint density at radius 2 is 1.72 bits per heavy atom. The Morgan fingerprint density at radius 1 is 1.08 bits per heavy atom. The third-order valence-electron chi connectivity index (χ3n) is 5.51. The molecule has 2 saturated heterocycles. The number of anilines is 1. The fraction of sp³-hybridized carbons (Fsp3) is 0.600. The molecule has 1 aromatic carbocycles. The Balaban J connectivity index is 1.52. The lowest BCUT2D eigenvalue weighted by molar-refractivity contribution is -0.121. The Morgan fingerprint density at radius 3 is 2.36 bits per heavy atom. The van der Waals surface area contributed by atoms with Gasteiger partial charge in [0.25, 0.3) is 0 Å². The quantitative estimate of drug-likeness (QED) is 0.914. The van der Waals surface area contributed by atoms with Gasteiger partial charge in [0.1, 0.15) is 0 Å². The van der Waals surface area contributed by atoms with E-state index in [0.29, 0.717) is 13.1 Å². The zero-order valence-electron chi connectivity index (χ0n) is 15.4. The largest absolute Gasteiger partial charge is 0.326 e. The van der Waals surface area contributed by atoms with Crippen molar-refractivity contribution in [2.75, 3.05) is 31.5 Å². The van der Waals surface area contributed by atoms with Crippen LogP contribution in [-0.2, 0) is 11.2 Å². The molecular formula is C20H29N3O2. The number of rotatable bonds is 3. The third kappa shape index (κ3) is 4.14. The number of hydrogen-bond donors (Lipinski definition) is 1. The molecular weight excluding hydrogens is 314 g/mol. The van der Waals surface area contributed by atoms with Crippen molar-refractivity contribution < 1.29 is 9.59 Å². The molecule has 0 radical (unpaired) electrons. The van der Waals surface area contributed by atoms with Crippen LogP contribution in [0.5, 0.6) is 0 Å². The number of hydrogen-bond acceptors (Lipinski definition) is 2. The summed E-state index contributed by atoms with van der Waals surface area (Å²) in [6, 6.07) is 6.26. The molecule has 1 N–H and O–H groups in total. The normalized spacial score (nSPS) is 18.5. The number of piperidine rings is 1. The third-order valence-corrected chi connectivity index (χ3v) is 5.51. The fourth-order valence-electron chi connectivity index (χ4n) is 3.82. The summed E-state index contributed by atoms with van der Waals surface area (Å²) in [7, 11) is 0. The molecule has 0 aliphatic carbocycles. The maximum atomic E-state index is 12.6. The van der Waals surface area contributed by atoms with Crippen LogP contribution < -0.4 is 5.32 Å². The molecule has 2 heterocycles. The van der Waals surface area contributed by atoms with Crippen molar-refractivity contribution in [2.45, 2.75) is 46.0 Å². The highest BCUT2D eigenvalue weighted by molar-refractivity contribution is 5.92. The van der Waals surface area contributed by atoms with E-state index in [2.05, 4.69) is 31.3 Å². The molecule has 25 heavy (non-hydrogen) atoms. The molecule has 0 atom stereocenters. The van der Waals surface area contributed by atoms with E-state index in [1.807, 2.05) is 15.9 Å². The number of aryl methyl sites for hydroxylation is 2. The molecule has 3 rings (SSSR count). The summed E-state index contributed by atoms with van der Waals surface area (Å²) in [5.74, 6) is 0.0770. The van der Waals surface area contributed by atoms with E-state index in [1.165, 1.54) is 11.1 Å². The van der Waals surface area contributed by atoms with Crippen molar-refractivity contribution >= 4 is 17.6 Å². The van der Waals surface area contributed by atoms with Crippen LogP contribution in [0.3, 0.4) is 0 Å². The summed E-state index contributed by atoms with van der Waals surface area (Å²) in [6.07, 6.45) is 4.68. The van der Waals surface area contributed by atoms with Gasteiger partial charge in [0.15, 0.2) is 0 Å².